The average Bonchev–Trinajstić information content (AvgIpc) is 3.08. The largest absolute Gasteiger partial charge is 0.436 e. The molecule has 128 valence electrons. The van der Waals surface area contributed by atoms with E-state index in [1.54, 1.807) is 36.7 Å². The minimum Gasteiger partial charge on any atom is -0.436 e. The van der Waals surface area contributed by atoms with Crippen LogP contribution in [0.15, 0.2) is 71.4 Å². The van der Waals surface area contributed by atoms with Crippen molar-refractivity contribution in [1.82, 2.24) is 9.97 Å². The molecule has 0 saturated heterocycles. The van der Waals surface area contributed by atoms with E-state index in [0.29, 0.717) is 22.2 Å². The zero-order chi connectivity index (χ0) is 17.9. The summed E-state index contributed by atoms with van der Waals surface area (Å²) in [5.41, 5.74) is 3.75. The zero-order valence-electron chi connectivity index (χ0n) is 13.6. The number of amides is 1. The van der Waals surface area contributed by atoms with Gasteiger partial charge >= 0.3 is 0 Å². The minimum atomic E-state index is -0.111. The van der Waals surface area contributed by atoms with Crippen molar-refractivity contribution in [2.75, 3.05) is 5.32 Å². The molecule has 4 aromatic rings. The highest BCUT2D eigenvalue weighted by molar-refractivity contribution is 6.30. The summed E-state index contributed by atoms with van der Waals surface area (Å²) in [5.74, 6) is 0.410. The molecule has 0 atom stereocenters. The molecule has 1 N–H and O–H groups in total. The third-order valence-electron chi connectivity index (χ3n) is 3.88. The normalized spacial score (nSPS) is 10.8. The van der Waals surface area contributed by atoms with Crippen molar-refractivity contribution in [3.63, 3.8) is 0 Å². The summed E-state index contributed by atoms with van der Waals surface area (Å²) in [6, 6.07) is 16.3. The van der Waals surface area contributed by atoms with Crippen LogP contribution in [-0.2, 0) is 11.2 Å². The summed E-state index contributed by atoms with van der Waals surface area (Å²) in [7, 11) is 0. The number of rotatable bonds is 4. The lowest BCUT2D eigenvalue weighted by Gasteiger charge is -2.05. The zero-order valence-corrected chi connectivity index (χ0v) is 14.4. The monoisotopic (exact) mass is 363 g/mol. The van der Waals surface area contributed by atoms with Crippen molar-refractivity contribution in [3.8, 4) is 11.5 Å². The number of aromatic nitrogens is 2. The lowest BCUT2D eigenvalue weighted by atomic mass is 10.1. The first-order valence-electron chi connectivity index (χ1n) is 8.03. The molecule has 0 saturated carbocycles. The molecule has 5 nitrogen and oxygen atoms in total. The van der Waals surface area contributed by atoms with Gasteiger partial charge in [0.25, 0.3) is 0 Å². The number of hydrogen-bond acceptors (Lipinski definition) is 4. The molecule has 0 unspecified atom stereocenters. The Morgan fingerprint density at radius 2 is 1.81 bits per heavy atom. The van der Waals surface area contributed by atoms with Gasteiger partial charge in [-0.05, 0) is 42.0 Å². The number of benzene rings is 2. The van der Waals surface area contributed by atoms with Crippen LogP contribution in [0.3, 0.4) is 0 Å². The Bertz CT molecular complexity index is 1060. The SMILES string of the molecule is O=C(Cc1ccc(Cl)cc1)Nc1ccc2nc(-c3ccncc3)oc2c1. The fourth-order valence-electron chi connectivity index (χ4n) is 2.61. The smallest absolute Gasteiger partial charge is 0.228 e. The van der Waals surface area contributed by atoms with Gasteiger partial charge in [0.2, 0.25) is 11.8 Å². The van der Waals surface area contributed by atoms with Crippen molar-refractivity contribution >= 4 is 34.3 Å². The van der Waals surface area contributed by atoms with Crippen LogP contribution in [0.25, 0.3) is 22.6 Å². The van der Waals surface area contributed by atoms with E-state index in [-0.39, 0.29) is 12.3 Å². The Morgan fingerprint density at radius 3 is 2.58 bits per heavy atom. The summed E-state index contributed by atoms with van der Waals surface area (Å²) >= 11 is 5.86. The number of oxazole rings is 1. The van der Waals surface area contributed by atoms with E-state index in [1.807, 2.05) is 30.3 Å². The number of hydrogen-bond donors (Lipinski definition) is 1. The fraction of sp³-hybridized carbons (Fsp3) is 0.0500. The lowest BCUT2D eigenvalue weighted by Crippen LogP contribution is -2.14. The Hall–Kier alpha value is -3.18. The van der Waals surface area contributed by atoms with E-state index < -0.39 is 0 Å². The standard InChI is InChI=1S/C20H14ClN3O2/c21-15-3-1-13(2-4-15)11-19(25)23-16-5-6-17-18(12-16)26-20(24-17)14-7-9-22-10-8-14/h1-10,12H,11H2,(H,23,25). The number of carbonyl (C=O) groups is 1. The summed E-state index contributed by atoms with van der Waals surface area (Å²) in [6.07, 6.45) is 3.65. The van der Waals surface area contributed by atoms with Crippen molar-refractivity contribution in [1.29, 1.82) is 0 Å². The molecule has 2 aromatic carbocycles. The third kappa shape index (κ3) is 3.58. The Labute approximate surface area is 154 Å². The van der Waals surface area contributed by atoms with Gasteiger partial charge in [-0.3, -0.25) is 9.78 Å². The average molecular weight is 364 g/mol. The second kappa shape index (κ2) is 6.98. The minimum absolute atomic E-state index is 0.111. The van der Waals surface area contributed by atoms with Gasteiger partial charge in [0, 0.05) is 34.7 Å². The molecule has 0 spiro atoms. The van der Waals surface area contributed by atoms with E-state index in [1.165, 1.54) is 0 Å². The predicted octanol–water partition coefficient (Wildman–Crippen LogP) is 4.72. The van der Waals surface area contributed by atoms with Crippen LogP contribution in [0.2, 0.25) is 5.02 Å². The van der Waals surface area contributed by atoms with Crippen LogP contribution in [-0.4, -0.2) is 15.9 Å². The van der Waals surface area contributed by atoms with E-state index >= 15 is 0 Å². The summed E-state index contributed by atoms with van der Waals surface area (Å²) < 4.78 is 5.80. The van der Waals surface area contributed by atoms with E-state index in [4.69, 9.17) is 16.0 Å². The number of fused-ring (bicyclic) bond motifs is 1. The van der Waals surface area contributed by atoms with Crippen LogP contribution in [0.1, 0.15) is 5.56 Å². The fourth-order valence-corrected chi connectivity index (χ4v) is 2.74. The van der Waals surface area contributed by atoms with Gasteiger partial charge in [-0.2, -0.15) is 0 Å². The summed E-state index contributed by atoms with van der Waals surface area (Å²) in [4.78, 5) is 20.7. The quantitative estimate of drug-likeness (QED) is 0.569. The lowest BCUT2D eigenvalue weighted by molar-refractivity contribution is -0.115. The van der Waals surface area contributed by atoms with Gasteiger partial charge in [-0.15, -0.1) is 0 Å². The number of nitrogens with zero attached hydrogens (tertiary/aromatic N) is 2. The Balaban J connectivity index is 1.52. The first-order chi connectivity index (χ1) is 12.7. The summed E-state index contributed by atoms with van der Waals surface area (Å²) in [5, 5.41) is 3.52. The van der Waals surface area contributed by atoms with Gasteiger partial charge in [-0.25, -0.2) is 4.98 Å². The van der Waals surface area contributed by atoms with Crippen molar-refractivity contribution < 1.29 is 9.21 Å². The molecule has 0 aliphatic rings. The highest BCUT2D eigenvalue weighted by Gasteiger charge is 2.10. The number of carbonyl (C=O) groups excluding carboxylic acids is 1. The maximum absolute atomic E-state index is 12.2. The maximum Gasteiger partial charge on any atom is 0.228 e. The van der Waals surface area contributed by atoms with Crippen LogP contribution in [0, 0.1) is 0 Å². The van der Waals surface area contributed by atoms with Gasteiger partial charge in [-0.1, -0.05) is 23.7 Å². The first-order valence-corrected chi connectivity index (χ1v) is 8.40. The second-order valence-electron chi connectivity index (χ2n) is 5.79. The Kier molecular flexibility index (Phi) is 4.37. The van der Waals surface area contributed by atoms with E-state index in [9.17, 15) is 4.79 Å². The van der Waals surface area contributed by atoms with Crippen molar-refractivity contribution in [3.05, 3.63) is 77.6 Å². The molecule has 0 aliphatic carbocycles. The first kappa shape index (κ1) is 16.3. The number of nitrogens with one attached hydrogen (secondary N) is 1. The molecule has 4 rings (SSSR count). The predicted molar refractivity (Wildman–Crippen MR) is 101 cm³/mol. The highest BCUT2D eigenvalue weighted by Crippen LogP contribution is 2.26. The molecular weight excluding hydrogens is 350 g/mol. The second-order valence-corrected chi connectivity index (χ2v) is 6.23. The van der Waals surface area contributed by atoms with Crippen LogP contribution in [0.5, 0.6) is 0 Å². The van der Waals surface area contributed by atoms with E-state index in [0.717, 1.165) is 16.6 Å². The number of halogens is 1. The van der Waals surface area contributed by atoms with Gasteiger partial charge in [0.05, 0.1) is 6.42 Å². The number of pyridine rings is 1. The van der Waals surface area contributed by atoms with Gasteiger partial charge < -0.3 is 9.73 Å². The van der Waals surface area contributed by atoms with E-state index in [2.05, 4.69) is 15.3 Å². The molecule has 0 fully saturated rings. The molecule has 0 bridgehead atoms. The van der Waals surface area contributed by atoms with Gasteiger partial charge in [0.15, 0.2) is 5.58 Å². The van der Waals surface area contributed by atoms with Crippen molar-refractivity contribution in [2.45, 2.75) is 6.42 Å². The molecule has 26 heavy (non-hydrogen) atoms. The summed E-state index contributed by atoms with van der Waals surface area (Å²) in [6.45, 7) is 0. The Morgan fingerprint density at radius 1 is 1.04 bits per heavy atom. The number of anilines is 1. The molecule has 6 heteroatoms. The topological polar surface area (TPSA) is 68.0 Å². The van der Waals surface area contributed by atoms with Crippen molar-refractivity contribution in [2.24, 2.45) is 0 Å². The molecule has 2 heterocycles. The molecule has 2 aromatic heterocycles. The van der Waals surface area contributed by atoms with Crippen LogP contribution in [0.4, 0.5) is 5.69 Å². The highest BCUT2D eigenvalue weighted by atomic mass is 35.5. The molecule has 0 radical (unpaired) electrons. The molecule has 1 amide bonds. The maximum atomic E-state index is 12.2. The molecule has 0 aliphatic heterocycles. The molecular formula is C20H14ClN3O2. The van der Waals surface area contributed by atoms with Gasteiger partial charge in [0.1, 0.15) is 5.52 Å². The third-order valence-corrected chi connectivity index (χ3v) is 4.13. The van der Waals surface area contributed by atoms with Crippen LogP contribution < -0.4 is 5.32 Å². The van der Waals surface area contributed by atoms with Crippen LogP contribution >= 0.6 is 11.6 Å².